The molecule has 0 saturated heterocycles. The lowest BCUT2D eigenvalue weighted by Gasteiger charge is -2.03. The highest BCUT2D eigenvalue weighted by atomic mass is 16.3. The van der Waals surface area contributed by atoms with Crippen molar-refractivity contribution < 1.29 is 9.52 Å². The smallest absolute Gasteiger partial charge is 0.220 e. The zero-order valence-corrected chi connectivity index (χ0v) is 12.7. The lowest BCUT2D eigenvalue weighted by atomic mass is 10.1. The topological polar surface area (TPSA) is 114 Å². The van der Waals surface area contributed by atoms with Gasteiger partial charge < -0.3 is 20.2 Å². The third-order valence-electron chi connectivity index (χ3n) is 3.76. The van der Waals surface area contributed by atoms with Crippen molar-refractivity contribution in [1.82, 2.24) is 19.9 Å². The maximum Gasteiger partial charge on any atom is 0.220 e. The van der Waals surface area contributed by atoms with Crippen LogP contribution in [0.15, 0.2) is 47.2 Å². The van der Waals surface area contributed by atoms with Crippen LogP contribution < -0.4 is 5.73 Å². The molecule has 0 atom stereocenters. The minimum absolute atomic E-state index is 0.00945. The predicted octanol–water partition coefficient (Wildman–Crippen LogP) is 2.40. The number of imidazole rings is 1. The molecule has 0 aliphatic carbocycles. The quantitative estimate of drug-likeness (QED) is 0.532. The number of rotatable bonds is 4. The summed E-state index contributed by atoms with van der Waals surface area (Å²) in [5.74, 6) is 0.873. The van der Waals surface area contributed by atoms with E-state index < -0.39 is 0 Å². The minimum Gasteiger partial charge on any atom is -0.464 e. The van der Waals surface area contributed by atoms with Gasteiger partial charge in [0, 0.05) is 23.6 Å². The van der Waals surface area contributed by atoms with E-state index in [0.29, 0.717) is 17.9 Å². The maximum absolute atomic E-state index is 9.20. The molecule has 4 N–H and O–H groups in total. The number of hydrogen-bond acceptors (Lipinski definition) is 6. The Morgan fingerprint density at radius 3 is 2.92 bits per heavy atom. The van der Waals surface area contributed by atoms with Gasteiger partial charge in [-0.25, -0.2) is 15.0 Å². The van der Waals surface area contributed by atoms with E-state index in [4.69, 9.17) is 10.2 Å². The highest BCUT2D eigenvalue weighted by Gasteiger charge is 2.16. The number of nitrogen functional groups attached to an aromatic ring is 1. The molecule has 0 unspecified atom stereocenters. The molecular formula is C17H15N5O2. The Kier molecular flexibility index (Phi) is 3.47. The Hall–Kier alpha value is -3.19. The van der Waals surface area contributed by atoms with E-state index >= 15 is 0 Å². The maximum atomic E-state index is 9.20. The van der Waals surface area contributed by atoms with Gasteiger partial charge in [0.25, 0.3) is 0 Å². The number of anilines is 1. The van der Waals surface area contributed by atoms with Crippen molar-refractivity contribution >= 4 is 16.9 Å². The summed E-state index contributed by atoms with van der Waals surface area (Å²) in [6, 6.07) is 9.56. The van der Waals surface area contributed by atoms with E-state index in [1.165, 1.54) is 0 Å². The van der Waals surface area contributed by atoms with Crippen molar-refractivity contribution in [2.45, 2.75) is 6.42 Å². The first-order valence-electron chi connectivity index (χ1n) is 7.51. The first-order valence-corrected chi connectivity index (χ1v) is 7.51. The summed E-state index contributed by atoms with van der Waals surface area (Å²) in [5, 5.41) is 10.2. The molecule has 3 heterocycles. The second-order valence-electron chi connectivity index (χ2n) is 5.35. The van der Waals surface area contributed by atoms with Gasteiger partial charge in [0.15, 0.2) is 0 Å². The lowest BCUT2D eigenvalue weighted by Crippen LogP contribution is -1.96. The molecule has 7 nitrogen and oxygen atoms in total. The fourth-order valence-electron chi connectivity index (χ4n) is 2.66. The molecule has 0 amide bonds. The second-order valence-corrected chi connectivity index (χ2v) is 5.35. The number of hydrogen-bond donors (Lipinski definition) is 3. The van der Waals surface area contributed by atoms with Gasteiger partial charge in [-0.1, -0.05) is 12.1 Å². The highest BCUT2D eigenvalue weighted by molar-refractivity contribution is 5.85. The number of nitrogens with one attached hydrogen (secondary N) is 1. The molecule has 24 heavy (non-hydrogen) atoms. The number of nitrogens with two attached hydrogens (primary N) is 1. The fraction of sp³-hybridized carbons (Fsp3) is 0.118. The lowest BCUT2D eigenvalue weighted by molar-refractivity contribution is 0.297. The summed E-state index contributed by atoms with van der Waals surface area (Å²) in [6.45, 7) is 0.00945. The van der Waals surface area contributed by atoms with E-state index in [0.717, 1.165) is 27.9 Å². The molecule has 0 fully saturated rings. The SMILES string of the molecule is Nc1nccc(-c2[nH]c(CCO)nc2-c2ccc3ccoc3c2)n1. The molecule has 120 valence electrons. The number of benzene rings is 1. The number of aromatic nitrogens is 4. The van der Waals surface area contributed by atoms with Gasteiger partial charge in [0.1, 0.15) is 11.4 Å². The van der Waals surface area contributed by atoms with Crippen LogP contribution in [0.25, 0.3) is 33.6 Å². The number of fused-ring (bicyclic) bond motifs is 1. The first-order chi connectivity index (χ1) is 11.7. The Labute approximate surface area is 137 Å². The van der Waals surface area contributed by atoms with E-state index in [2.05, 4.69) is 19.9 Å². The van der Waals surface area contributed by atoms with Crippen LogP contribution >= 0.6 is 0 Å². The zero-order chi connectivity index (χ0) is 16.5. The summed E-state index contributed by atoms with van der Waals surface area (Å²) in [5.41, 5.74) is 9.49. The highest BCUT2D eigenvalue weighted by Crippen LogP contribution is 2.31. The Balaban J connectivity index is 1.89. The summed E-state index contributed by atoms with van der Waals surface area (Å²) in [7, 11) is 0. The molecular weight excluding hydrogens is 306 g/mol. The molecule has 0 radical (unpaired) electrons. The number of nitrogens with zero attached hydrogens (tertiary/aromatic N) is 3. The van der Waals surface area contributed by atoms with E-state index in [-0.39, 0.29) is 12.6 Å². The van der Waals surface area contributed by atoms with Crippen molar-refractivity contribution in [3.8, 4) is 22.6 Å². The van der Waals surface area contributed by atoms with Gasteiger partial charge in [-0.05, 0) is 18.2 Å². The molecule has 0 spiro atoms. The van der Waals surface area contributed by atoms with E-state index in [9.17, 15) is 5.11 Å². The molecule has 0 aliphatic rings. The standard InChI is InChI=1S/C17H15N5O2/c18-17-19-6-3-12(20-17)16-15(21-14(22-16)4-7-23)11-2-1-10-5-8-24-13(10)9-11/h1-3,5-6,8-9,23H,4,7H2,(H,21,22)(H2,18,19,20). The van der Waals surface area contributed by atoms with Crippen LogP contribution in [-0.4, -0.2) is 31.6 Å². The molecule has 4 rings (SSSR count). The van der Waals surface area contributed by atoms with Crippen molar-refractivity contribution in [2.24, 2.45) is 0 Å². The molecule has 0 bridgehead atoms. The van der Waals surface area contributed by atoms with E-state index in [1.54, 1.807) is 18.5 Å². The Morgan fingerprint density at radius 2 is 2.08 bits per heavy atom. The summed E-state index contributed by atoms with van der Waals surface area (Å²) in [6.07, 6.45) is 3.68. The van der Waals surface area contributed by atoms with Crippen LogP contribution in [0.5, 0.6) is 0 Å². The Bertz CT molecular complexity index is 1010. The van der Waals surface area contributed by atoms with Crippen molar-refractivity contribution in [2.75, 3.05) is 12.3 Å². The number of aliphatic hydroxyl groups is 1. The van der Waals surface area contributed by atoms with E-state index in [1.807, 2.05) is 24.3 Å². The van der Waals surface area contributed by atoms with Gasteiger partial charge in [0.2, 0.25) is 5.95 Å². The average Bonchev–Trinajstić information content (AvgIpc) is 3.21. The molecule has 1 aromatic carbocycles. The van der Waals surface area contributed by atoms with Crippen molar-refractivity contribution in [1.29, 1.82) is 0 Å². The van der Waals surface area contributed by atoms with Gasteiger partial charge in [-0.2, -0.15) is 0 Å². The van der Waals surface area contributed by atoms with Crippen LogP contribution in [0.1, 0.15) is 5.82 Å². The zero-order valence-electron chi connectivity index (χ0n) is 12.7. The molecule has 7 heteroatoms. The van der Waals surface area contributed by atoms with Gasteiger partial charge in [-0.3, -0.25) is 0 Å². The third kappa shape index (κ3) is 2.50. The summed E-state index contributed by atoms with van der Waals surface area (Å²) < 4.78 is 5.48. The first kappa shape index (κ1) is 14.4. The van der Waals surface area contributed by atoms with Crippen LogP contribution in [0, 0.1) is 0 Å². The molecule has 4 aromatic rings. The van der Waals surface area contributed by atoms with Crippen molar-refractivity contribution in [3.63, 3.8) is 0 Å². The normalized spacial score (nSPS) is 11.2. The number of aliphatic hydroxyl groups excluding tert-OH is 1. The number of aromatic amines is 1. The van der Waals surface area contributed by atoms with Crippen LogP contribution in [0.3, 0.4) is 0 Å². The predicted molar refractivity (Wildman–Crippen MR) is 90.0 cm³/mol. The number of furan rings is 1. The number of H-pyrrole nitrogens is 1. The second kappa shape index (κ2) is 5.78. The van der Waals surface area contributed by atoms with Crippen LogP contribution in [0.2, 0.25) is 0 Å². The summed E-state index contributed by atoms with van der Waals surface area (Å²) >= 11 is 0. The van der Waals surface area contributed by atoms with Crippen molar-refractivity contribution in [3.05, 3.63) is 48.6 Å². The molecule has 3 aromatic heterocycles. The fourth-order valence-corrected chi connectivity index (χ4v) is 2.66. The summed E-state index contributed by atoms with van der Waals surface area (Å²) in [4.78, 5) is 16.0. The van der Waals surface area contributed by atoms with Crippen LogP contribution in [-0.2, 0) is 6.42 Å². The molecule has 0 aliphatic heterocycles. The monoisotopic (exact) mass is 321 g/mol. The Morgan fingerprint density at radius 1 is 1.17 bits per heavy atom. The molecule has 0 saturated carbocycles. The van der Waals surface area contributed by atoms with Gasteiger partial charge in [0.05, 0.1) is 30.0 Å². The van der Waals surface area contributed by atoms with Crippen LogP contribution in [0.4, 0.5) is 5.95 Å². The average molecular weight is 321 g/mol. The van der Waals surface area contributed by atoms with Gasteiger partial charge >= 0.3 is 0 Å². The van der Waals surface area contributed by atoms with Gasteiger partial charge in [-0.15, -0.1) is 0 Å². The largest absolute Gasteiger partial charge is 0.464 e. The minimum atomic E-state index is 0.00945. The third-order valence-corrected chi connectivity index (χ3v) is 3.76.